The number of hydrogen-bond donors (Lipinski definition) is 1. The number of amides is 1. The predicted octanol–water partition coefficient (Wildman–Crippen LogP) is 4.70. The van der Waals surface area contributed by atoms with Crippen molar-refractivity contribution in [3.63, 3.8) is 0 Å². The molecule has 1 aliphatic heterocycles. The molecule has 170 valence electrons. The molecule has 1 aliphatic rings. The van der Waals surface area contributed by atoms with Crippen molar-refractivity contribution in [3.05, 3.63) is 58.9 Å². The third kappa shape index (κ3) is 5.61. The maximum absolute atomic E-state index is 12.2. The molecule has 7 heteroatoms. The Morgan fingerprint density at radius 3 is 2.97 bits per heavy atom. The highest BCUT2D eigenvalue weighted by molar-refractivity contribution is 6.31. The zero-order valence-corrected chi connectivity index (χ0v) is 19.2. The van der Waals surface area contributed by atoms with Crippen molar-refractivity contribution in [2.24, 2.45) is 0 Å². The van der Waals surface area contributed by atoms with Gasteiger partial charge in [0.15, 0.2) is 0 Å². The van der Waals surface area contributed by atoms with Gasteiger partial charge in [0, 0.05) is 31.1 Å². The Balaban J connectivity index is 1.30. The van der Waals surface area contributed by atoms with E-state index in [9.17, 15) is 4.79 Å². The minimum Gasteiger partial charge on any atom is -0.494 e. The van der Waals surface area contributed by atoms with Gasteiger partial charge in [0.25, 0.3) is 0 Å². The fraction of sp³-hybridized carbons (Fsp3) is 0.440. The van der Waals surface area contributed by atoms with Crippen LogP contribution in [0.5, 0.6) is 5.75 Å². The third-order valence-electron chi connectivity index (χ3n) is 5.78. The lowest BCUT2D eigenvalue weighted by Crippen LogP contribution is -2.35. The first kappa shape index (κ1) is 22.6. The molecule has 0 radical (unpaired) electrons. The molecule has 2 heterocycles. The van der Waals surface area contributed by atoms with Crippen LogP contribution in [0.3, 0.4) is 0 Å². The second kappa shape index (κ2) is 10.8. The second-order valence-corrected chi connectivity index (χ2v) is 8.58. The first-order chi connectivity index (χ1) is 15.6. The van der Waals surface area contributed by atoms with E-state index < -0.39 is 0 Å². The molecule has 1 N–H and O–H groups in total. The predicted molar refractivity (Wildman–Crippen MR) is 126 cm³/mol. The summed E-state index contributed by atoms with van der Waals surface area (Å²) < 4.78 is 13.6. The molecule has 3 aromatic rings. The fourth-order valence-corrected chi connectivity index (χ4v) is 4.15. The summed E-state index contributed by atoms with van der Waals surface area (Å²) in [6, 6.07) is 13.9. The maximum Gasteiger partial charge on any atom is 0.249 e. The lowest BCUT2D eigenvalue weighted by Gasteiger charge is -2.12. The van der Waals surface area contributed by atoms with Crippen LogP contribution in [0.2, 0.25) is 5.02 Å². The standard InChI is InChI=1S/C25H30ClN3O3/c1-18-17-19(10-11-20(18)26)31-15-5-4-14-29-22-8-3-2-7-21(22)28-24(29)12-13-27-25(30)23-9-6-16-32-23/h2-3,7-8,10-11,17,23H,4-6,9,12-16H2,1H3,(H,27,30). The number of ether oxygens (including phenoxy) is 2. The number of unbranched alkanes of at least 4 members (excludes halogenated alkanes) is 1. The van der Waals surface area contributed by atoms with E-state index in [1.54, 1.807) is 0 Å². The lowest BCUT2D eigenvalue weighted by atomic mass is 10.2. The minimum absolute atomic E-state index is 0.0141. The quantitative estimate of drug-likeness (QED) is 0.450. The highest BCUT2D eigenvalue weighted by Crippen LogP contribution is 2.22. The van der Waals surface area contributed by atoms with Crippen LogP contribution in [0.4, 0.5) is 0 Å². The van der Waals surface area contributed by atoms with Gasteiger partial charge in [-0.3, -0.25) is 4.79 Å². The average molecular weight is 456 g/mol. The number of hydrogen-bond acceptors (Lipinski definition) is 4. The van der Waals surface area contributed by atoms with Crippen LogP contribution in [0.1, 0.15) is 37.1 Å². The van der Waals surface area contributed by atoms with Gasteiger partial charge in [0.2, 0.25) is 5.91 Å². The molecule has 0 saturated carbocycles. The minimum atomic E-state index is -0.293. The summed E-state index contributed by atoms with van der Waals surface area (Å²) >= 11 is 6.08. The molecule has 1 unspecified atom stereocenters. The van der Waals surface area contributed by atoms with E-state index in [1.165, 1.54) is 0 Å². The summed E-state index contributed by atoms with van der Waals surface area (Å²) in [5.41, 5.74) is 3.13. The molecule has 1 amide bonds. The Labute approximate surface area is 193 Å². The van der Waals surface area contributed by atoms with Crippen molar-refractivity contribution in [2.45, 2.75) is 51.7 Å². The lowest BCUT2D eigenvalue weighted by molar-refractivity contribution is -0.130. The van der Waals surface area contributed by atoms with E-state index in [0.29, 0.717) is 26.2 Å². The molecule has 32 heavy (non-hydrogen) atoms. The molecule has 0 spiro atoms. The Morgan fingerprint density at radius 2 is 2.16 bits per heavy atom. The van der Waals surface area contributed by atoms with Gasteiger partial charge >= 0.3 is 0 Å². The van der Waals surface area contributed by atoms with Crippen molar-refractivity contribution < 1.29 is 14.3 Å². The number of rotatable bonds is 10. The van der Waals surface area contributed by atoms with Crippen molar-refractivity contribution in [1.29, 1.82) is 0 Å². The van der Waals surface area contributed by atoms with Crippen LogP contribution < -0.4 is 10.1 Å². The number of aromatic nitrogens is 2. The van der Waals surface area contributed by atoms with Gasteiger partial charge < -0.3 is 19.4 Å². The molecule has 0 bridgehead atoms. The van der Waals surface area contributed by atoms with Crippen molar-refractivity contribution in [3.8, 4) is 5.75 Å². The number of fused-ring (bicyclic) bond motifs is 1. The Morgan fingerprint density at radius 1 is 1.28 bits per heavy atom. The van der Waals surface area contributed by atoms with Gasteiger partial charge in [-0.1, -0.05) is 23.7 Å². The molecule has 6 nitrogen and oxygen atoms in total. The number of nitrogens with one attached hydrogen (secondary N) is 1. The van der Waals surface area contributed by atoms with Gasteiger partial charge in [-0.15, -0.1) is 0 Å². The van der Waals surface area contributed by atoms with E-state index in [1.807, 2.05) is 43.3 Å². The molecule has 1 saturated heterocycles. The summed E-state index contributed by atoms with van der Waals surface area (Å²) in [7, 11) is 0. The van der Waals surface area contributed by atoms with Crippen molar-refractivity contribution in [2.75, 3.05) is 19.8 Å². The zero-order valence-electron chi connectivity index (χ0n) is 18.5. The Hall–Kier alpha value is -2.57. The number of halogens is 1. The highest BCUT2D eigenvalue weighted by Gasteiger charge is 2.23. The van der Waals surface area contributed by atoms with Crippen molar-refractivity contribution in [1.82, 2.24) is 14.9 Å². The van der Waals surface area contributed by atoms with E-state index >= 15 is 0 Å². The number of carbonyl (C=O) groups excluding carboxylic acids is 1. The molecule has 0 aliphatic carbocycles. The van der Waals surface area contributed by atoms with E-state index in [-0.39, 0.29) is 12.0 Å². The monoisotopic (exact) mass is 455 g/mol. The molecular weight excluding hydrogens is 426 g/mol. The molecular formula is C25H30ClN3O3. The second-order valence-electron chi connectivity index (χ2n) is 8.18. The SMILES string of the molecule is Cc1cc(OCCCCn2c(CCNC(=O)C3CCCO3)nc3ccccc32)ccc1Cl. The largest absolute Gasteiger partial charge is 0.494 e. The Bertz CT molecular complexity index is 1060. The summed E-state index contributed by atoms with van der Waals surface area (Å²) in [5, 5.41) is 3.75. The number of para-hydroxylation sites is 2. The van der Waals surface area contributed by atoms with Crippen LogP contribution in [0, 0.1) is 6.92 Å². The molecule has 4 rings (SSSR count). The highest BCUT2D eigenvalue weighted by atomic mass is 35.5. The average Bonchev–Trinajstić information content (AvgIpc) is 3.44. The number of aryl methyl sites for hydroxylation is 2. The molecule has 2 aromatic carbocycles. The van der Waals surface area contributed by atoms with Crippen LogP contribution in [0.15, 0.2) is 42.5 Å². The summed E-state index contributed by atoms with van der Waals surface area (Å²) in [4.78, 5) is 17.0. The number of nitrogens with zero attached hydrogens (tertiary/aromatic N) is 2. The number of carbonyl (C=O) groups is 1. The van der Waals surface area contributed by atoms with E-state index in [4.69, 9.17) is 26.1 Å². The maximum atomic E-state index is 12.2. The normalized spacial score (nSPS) is 15.9. The van der Waals surface area contributed by atoms with Crippen LogP contribution >= 0.6 is 11.6 Å². The third-order valence-corrected chi connectivity index (χ3v) is 6.20. The number of benzene rings is 2. The van der Waals surface area contributed by atoms with Gasteiger partial charge in [0.05, 0.1) is 17.6 Å². The summed E-state index contributed by atoms with van der Waals surface area (Å²) in [6.45, 7) is 4.72. The van der Waals surface area contributed by atoms with Crippen LogP contribution in [-0.4, -0.2) is 41.3 Å². The van der Waals surface area contributed by atoms with Gasteiger partial charge in [0.1, 0.15) is 17.7 Å². The topological polar surface area (TPSA) is 65.4 Å². The van der Waals surface area contributed by atoms with E-state index in [2.05, 4.69) is 16.0 Å². The summed E-state index contributed by atoms with van der Waals surface area (Å²) in [6.07, 6.45) is 4.06. The first-order valence-electron chi connectivity index (χ1n) is 11.3. The molecule has 1 atom stereocenters. The van der Waals surface area contributed by atoms with Gasteiger partial charge in [-0.2, -0.15) is 0 Å². The van der Waals surface area contributed by atoms with Crippen molar-refractivity contribution >= 4 is 28.5 Å². The van der Waals surface area contributed by atoms with Gasteiger partial charge in [-0.05, 0) is 68.5 Å². The molecule has 1 aromatic heterocycles. The van der Waals surface area contributed by atoms with Gasteiger partial charge in [-0.25, -0.2) is 4.98 Å². The van der Waals surface area contributed by atoms with Crippen LogP contribution in [0.25, 0.3) is 11.0 Å². The smallest absolute Gasteiger partial charge is 0.249 e. The van der Waals surface area contributed by atoms with E-state index in [0.717, 1.165) is 65.4 Å². The fourth-order valence-electron chi connectivity index (χ4n) is 4.03. The zero-order chi connectivity index (χ0) is 22.3. The van der Waals surface area contributed by atoms with Crippen LogP contribution in [-0.2, 0) is 22.5 Å². The molecule has 1 fully saturated rings. The summed E-state index contributed by atoms with van der Waals surface area (Å²) in [5.74, 6) is 1.83. The number of imidazole rings is 1. The first-order valence-corrected chi connectivity index (χ1v) is 11.7. The Kier molecular flexibility index (Phi) is 7.66.